The van der Waals surface area contributed by atoms with Crippen molar-refractivity contribution in [3.8, 4) is 17.0 Å². The van der Waals surface area contributed by atoms with Gasteiger partial charge in [0, 0.05) is 10.9 Å². The predicted molar refractivity (Wildman–Crippen MR) is 115 cm³/mol. The summed E-state index contributed by atoms with van der Waals surface area (Å²) in [4.78, 5) is 4.62. The van der Waals surface area contributed by atoms with Gasteiger partial charge in [-0.2, -0.15) is 5.10 Å². The highest BCUT2D eigenvalue weighted by Crippen LogP contribution is 2.28. The third kappa shape index (κ3) is 5.08. The van der Waals surface area contributed by atoms with Crippen LogP contribution >= 0.6 is 22.9 Å². The Balaban J connectivity index is 1.65. The van der Waals surface area contributed by atoms with Crippen molar-refractivity contribution in [3.63, 3.8) is 0 Å². The van der Waals surface area contributed by atoms with Gasteiger partial charge in [-0.3, -0.25) is 5.43 Å². The third-order valence-corrected chi connectivity index (χ3v) is 5.00. The molecule has 4 nitrogen and oxygen atoms in total. The molecule has 0 fully saturated rings. The lowest BCUT2D eigenvalue weighted by Gasteiger charge is -2.06. The number of aromatic nitrogens is 1. The van der Waals surface area contributed by atoms with E-state index in [0.717, 1.165) is 28.4 Å². The van der Waals surface area contributed by atoms with Gasteiger partial charge in [0.15, 0.2) is 0 Å². The van der Waals surface area contributed by atoms with Crippen molar-refractivity contribution < 1.29 is 4.74 Å². The molecule has 3 aromatic rings. The number of hydrogen-bond donors (Lipinski definition) is 1. The second kappa shape index (κ2) is 9.02. The Labute approximate surface area is 168 Å². The molecule has 6 heteroatoms. The van der Waals surface area contributed by atoms with Crippen LogP contribution in [0.2, 0.25) is 5.02 Å². The summed E-state index contributed by atoms with van der Waals surface area (Å²) in [5.41, 5.74) is 8.44. The first-order chi connectivity index (χ1) is 13.1. The van der Waals surface area contributed by atoms with Crippen molar-refractivity contribution >= 4 is 34.3 Å². The Kier molecular flexibility index (Phi) is 6.48. The van der Waals surface area contributed by atoms with Gasteiger partial charge in [-0.15, -0.1) is 11.3 Å². The fourth-order valence-electron chi connectivity index (χ4n) is 2.64. The van der Waals surface area contributed by atoms with E-state index in [1.807, 2.05) is 23.6 Å². The molecule has 0 saturated heterocycles. The van der Waals surface area contributed by atoms with Crippen LogP contribution in [0.3, 0.4) is 0 Å². The van der Waals surface area contributed by atoms with Crippen molar-refractivity contribution in [3.05, 3.63) is 63.5 Å². The number of thiazole rings is 1. The molecule has 3 rings (SSSR count). The lowest BCUT2D eigenvalue weighted by molar-refractivity contribution is 0.317. The predicted octanol–water partition coefficient (Wildman–Crippen LogP) is 6.32. The molecule has 0 atom stereocenters. The molecule has 0 bridgehead atoms. The van der Waals surface area contributed by atoms with E-state index < -0.39 is 0 Å². The van der Waals surface area contributed by atoms with E-state index in [2.05, 4.69) is 54.5 Å². The van der Waals surface area contributed by atoms with Crippen LogP contribution in [0.1, 0.15) is 30.0 Å². The molecular weight excluding hydrogens is 378 g/mol. The SMILES string of the molecule is CCCOc1ccc(/C=N\Nc2nc(-c3ccc(C)cc3C)cs2)cc1Cl. The van der Waals surface area contributed by atoms with Gasteiger partial charge in [-0.25, -0.2) is 4.98 Å². The Morgan fingerprint density at radius 1 is 1.22 bits per heavy atom. The van der Waals surface area contributed by atoms with E-state index in [0.29, 0.717) is 17.4 Å². The summed E-state index contributed by atoms with van der Waals surface area (Å²) in [7, 11) is 0. The largest absolute Gasteiger partial charge is 0.492 e. The zero-order valence-corrected chi connectivity index (χ0v) is 17.2. The van der Waals surface area contributed by atoms with E-state index in [4.69, 9.17) is 16.3 Å². The van der Waals surface area contributed by atoms with Crippen LogP contribution in [0.5, 0.6) is 5.75 Å². The number of aryl methyl sites for hydroxylation is 2. The van der Waals surface area contributed by atoms with Crippen molar-refractivity contribution in [2.24, 2.45) is 5.10 Å². The van der Waals surface area contributed by atoms with Gasteiger partial charge in [-0.1, -0.05) is 42.3 Å². The van der Waals surface area contributed by atoms with Crippen LogP contribution < -0.4 is 10.2 Å². The molecule has 0 unspecified atom stereocenters. The maximum atomic E-state index is 6.24. The van der Waals surface area contributed by atoms with E-state index >= 15 is 0 Å². The Morgan fingerprint density at radius 3 is 2.81 bits per heavy atom. The Bertz CT molecular complexity index is 952. The lowest BCUT2D eigenvalue weighted by Crippen LogP contribution is -1.96. The zero-order valence-electron chi connectivity index (χ0n) is 15.6. The van der Waals surface area contributed by atoms with E-state index in [-0.39, 0.29) is 0 Å². The molecular formula is C21H22ClN3OS. The number of nitrogens with one attached hydrogen (secondary N) is 1. The third-order valence-electron chi connectivity index (χ3n) is 3.95. The van der Waals surface area contributed by atoms with Crippen molar-refractivity contribution in [1.29, 1.82) is 0 Å². The highest BCUT2D eigenvalue weighted by molar-refractivity contribution is 7.14. The maximum Gasteiger partial charge on any atom is 0.203 e. The van der Waals surface area contributed by atoms with Gasteiger partial charge in [0.2, 0.25) is 5.13 Å². The van der Waals surface area contributed by atoms with Crippen molar-refractivity contribution in [2.45, 2.75) is 27.2 Å². The van der Waals surface area contributed by atoms with E-state index in [1.54, 1.807) is 6.21 Å². The molecule has 140 valence electrons. The van der Waals surface area contributed by atoms with Crippen LogP contribution in [-0.4, -0.2) is 17.8 Å². The molecule has 0 saturated carbocycles. The topological polar surface area (TPSA) is 46.5 Å². The van der Waals surface area contributed by atoms with Crippen LogP contribution in [0.25, 0.3) is 11.3 Å². The monoisotopic (exact) mass is 399 g/mol. The number of halogens is 1. The number of benzene rings is 2. The summed E-state index contributed by atoms with van der Waals surface area (Å²) in [5, 5.41) is 7.62. The zero-order chi connectivity index (χ0) is 19.2. The first kappa shape index (κ1) is 19.4. The second-order valence-corrected chi connectivity index (χ2v) is 7.53. The maximum absolute atomic E-state index is 6.24. The average molecular weight is 400 g/mol. The normalized spacial score (nSPS) is 11.1. The molecule has 0 aliphatic rings. The molecule has 0 radical (unpaired) electrons. The van der Waals surface area contributed by atoms with Crippen LogP contribution in [0, 0.1) is 13.8 Å². The molecule has 1 heterocycles. The number of ether oxygens (including phenoxy) is 1. The standard InChI is InChI=1S/C21H22ClN3OS/c1-4-9-26-20-8-6-16(11-18(20)22)12-23-25-21-24-19(13-27-21)17-7-5-14(2)10-15(17)3/h5-8,10-13H,4,9H2,1-3H3,(H,24,25)/b23-12-. The molecule has 1 aromatic heterocycles. The van der Waals surface area contributed by atoms with Crippen molar-refractivity contribution in [2.75, 3.05) is 12.0 Å². The minimum absolute atomic E-state index is 0.582. The number of rotatable bonds is 7. The number of nitrogens with zero attached hydrogens (tertiary/aromatic N) is 2. The van der Waals surface area contributed by atoms with Gasteiger partial charge in [-0.05, 0) is 49.6 Å². The molecule has 0 aliphatic carbocycles. The minimum Gasteiger partial charge on any atom is -0.492 e. The molecule has 0 spiro atoms. The first-order valence-electron chi connectivity index (χ1n) is 8.81. The fraction of sp³-hybridized carbons (Fsp3) is 0.238. The average Bonchev–Trinajstić information content (AvgIpc) is 3.09. The smallest absolute Gasteiger partial charge is 0.203 e. The summed E-state index contributed by atoms with van der Waals surface area (Å²) in [6, 6.07) is 12.0. The number of hydrazone groups is 1. The molecule has 1 N–H and O–H groups in total. The van der Waals surface area contributed by atoms with E-state index in [9.17, 15) is 0 Å². The lowest BCUT2D eigenvalue weighted by atomic mass is 10.0. The number of anilines is 1. The van der Waals surface area contributed by atoms with E-state index in [1.165, 1.54) is 22.5 Å². The van der Waals surface area contributed by atoms with Crippen LogP contribution in [0.4, 0.5) is 5.13 Å². The summed E-state index contributed by atoms with van der Waals surface area (Å²) in [6.45, 7) is 6.91. The fourth-order valence-corrected chi connectivity index (χ4v) is 3.54. The van der Waals surface area contributed by atoms with Gasteiger partial charge in [0.05, 0.1) is 23.5 Å². The molecule has 27 heavy (non-hydrogen) atoms. The molecule has 2 aromatic carbocycles. The summed E-state index contributed by atoms with van der Waals surface area (Å²) >= 11 is 7.77. The minimum atomic E-state index is 0.582. The quantitative estimate of drug-likeness (QED) is 0.373. The highest BCUT2D eigenvalue weighted by atomic mass is 35.5. The van der Waals surface area contributed by atoms with Crippen LogP contribution in [-0.2, 0) is 0 Å². The second-order valence-electron chi connectivity index (χ2n) is 6.26. The van der Waals surface area contributed by atoms with Crippen molar-refractivity contribution in [1.82, 2.24) is 4.98 Å². The Hall–Kier alpha value is -2.37. The first-order valence-corrected chi connectivity index (χ1v) is 10.1. The molecule has 0 amide bonds. The van der Waals surface area contributed by atoms with Gasteiger partial charge in [0.1, 0.15) is 5.75 Å². The van der Waals surface area contributed by atoms with Crippen LogP contribution in [0.15, 0.2) is 46.9 Å². The summed E-state index contributed by atoms with van der Waals surface area (Å²) < 4.78 is 5.58. The Morgan fingerprint density at radius 2 is 2.07 bits per heavy atom. The summed E-state index contributed by atoms with van der Waals surface area (Å²) in [5.74, 6) is 0.696. The summed E-state index contributed by atoms with van der Waals surface area (Å²) in [6.07, 6.45) is 2.66. The number of hydrogen-bond acceptors (Lipinski definition) is 5. The highest BCUT2D eigenvalue weighted by Gasteiger charge is 2.07. The van der Waals surface area contributed by atoms with Gasteiger partial charge in [0.25, 0.3) is 0 Å². The van der Waals surface area contributed by atoms with Gasteiger partial charge < -0.3 is 4.74 Å². The van der Waals surface area contributed by atoms with Gasteiger partial charge >= 0.3 is 0 Å². The molecule has 0 aliphatic heterocycles.